The van der Waals surface area contributed by atoms with Gasteiger partial charge in [0.25, 0.3) is 0 Å². The van der Waals surface area contributed by atoms with Crippen molar-refractivity contribution in [2.45, 2.75) is 82.0 Å². The van der Waals surface area contributed by atoms with Crippen LogP contribution in [-0.2, 0) is 28.8 Å². The van der Waals surface area contributed by atoms with E-state index >= 15 is 0 Å². The number of rotatable bonds is 20. The Morgan fingerprint density at radius 2 is 1.06 bits per heavy atom. The second-order valence-corrected chi connectivity index (χ2v) is 8.23. The highest BCUT2D eigenvalue weighted by Crippen LogP contribution is 2.07. The normalized spacial score (nSPS) is 14.1. The summed E-state index contributed by atoms with van der Waals surface area (Å²) in [6.45, 7) is 0.649. The Hall–Kier alpha value is -3.30. The van der Waals surface area contributed by atoms with E-state index in [9.17, 15) is 33.9 Å². The van der Waals surface area contributed by atoms with Gasteiger partial charge in [-0.2, -0.15) is 0 Å². The third-order valence-electron chi connectivity index (χ3n) is 5.15. The van der Waals surface area contributed by atoms with Crippen molar-refractivity contribution in [2.75, 3.05) is 13.1 Å². The molecule has 0 heterocycles. The van der Waals surface area contributed by atoms with Crippen molar-refractivity contribution in [1.29, 1.82) is 0 Å². The maximum Gasteiger partial charge on any atom is 0.326 e. The van der Waals surface area contributed by atoms with Gasteiger partial charge in [0.05, 0.1) is 12.5 Å². The quantitative estimate of drug-likeness (QED) is 0.0753. The molecule has 15 nitrogen and oxygen atoms in total. The Balaban J connectivity index is 5.55. The lowest BCUT2D eigenvalue weighted by molar-refractivity contribution is -0.143. The molecule has 4 unspecified atom stereocenters. The van der Waals surface area contributed by atoms with E-state index in [1.54, 1.807) is 0 Å². The summed E-state index contributed by atoms with van der Waals surface area (Å²) in [6.07, 6.45) is 0.613. The van der Waals surface area contributed by atoms with Gasteiger partial charge in [0.15, 0.2) is 0 Å². The average Bonchev–Trinajstić information content (AvgIpc) is 2.79. The number of unbranched alkanes of at least 4 members (excludes halogenated alkanes) is 2. The molecule has 36 heavy (non-hydrogen) atoms. The van der Waals surface area contributed by atoms with Gasteiger partial charge in [-0.25, -0.2) is 4.79 Å². The van der Waals surface area contributed by atoms with Gasteiger partial charge in [0.2, 0.25) is 17.7 Å². The Kier molecular flexibility index (Phi) is 16.4. The Labute approximate surface area is 208 Å². The first-order valence-electron chi connectivity index (χ1n) is 11.7. The van der Waals surface area contributed by atoms with Crippen LogP contribution in [0.2, 0.25) is 0 Å². The number of carbonyl (C=O) groups excluding carboxylic acids is 3. The third kappa shape index (κ3) is 14.2. The Morgan fingerprint density at radius 1 is 0.611 bits per heavy atom. The van der Waals surface area contributed by atoms with Crippen LogP contribution in [0.25, 0.3) is 0 Å². The van der Waals surface area contributed by atoms with Gasteiger partial charge in [-0.05, 0) is 58.0 Å². The number of carbonyl (C=O) groups is 6. The fraction of sp³-hybridized carbons (Fsp3) is 0.714. The largest absolute Gasteiger partial charge is 0.481 e. The predicted molar refractivity (Wildman–Crippen MR) is 126 cm³/mol. The highest BCUT2D eigenvalue weighted by Gasteiger charge is 2.30. The van der Waals surface area contributed by atoms with Crippen molar-refractivity contribution in [1.82, 2.24) is 16.0 Å². The lowest BCUT2D eigenvalue weighted by atomic mass is 10.0. The van der Waals surface area contributed by atoms with Crippen LogP contribution in [0.5, 0.6) is 0 Å². The van der Waals surface area contributed by atoms with Gasteiger partial charge < -0.3 is 48.5 Å². The Bertz CT molecular complexity index is 764. The fourth-order valence-corrected chi connectivity index (χ4v) is 3.15. The minimum Gasteiger partial charge on any atom is -0.481 e. The molecule has 0 aliphatic carbocycles. The maximum absolute atomic E-state index is 13.0. The molecule has 0 saturated carbocycles. The fourth-order valence-electron chi connectivity index (χ4n) is 3.15. The van der Waals surface area contributed by atoms with E-state index in [4.69, 9.17) is 27.4 Å². The standard InChI is InChI=1S/C21H38N6O9/c22-9-3-1-5-13(25-18(32)12(24)11-17(30)31)19(33)26-14(6-2-4-10-23)20(34)27-15(21(35)36)7-8-16(28)29/h12-15H,1-11,22-24H2,(H,25,32)(H,26,33)(H,27,34)(H,28,29)(H,30,31)(H,35,36). The lowest BCUT2D eigenvalue weighted by Gasteiger charge is -2.25. The minimum atomic E-state index is -1.49. The van der Waals surface area contributed by atoms with Gasteiger partial charge >= 0.3 is 17.9 Å². The average molecular weight is 519 g/mol. The number of hydrogen-bond donors (Lipinski definition) is 9. The molecule has 15 heteroatoms. The molecule has 3 amide bonds. The number of carboxylic acids is 3. The first-order valence-corrected chi connectivity index (χ1v) is 11.7. The van der Waals surface area contributed by atoms with E-state index < -0.39 is 72.6 Å². The molecule has 0 saturated heterocycles. The smallest absolute Gasteiger partial charge is 0.326 e. The zero-order valence-corrected chi connectivity index (χ0v) is 20.1. The zero-order chi connectivity index (χ0) is 27.7. The molecule has 0 aromatic heterocycles. The molecule has 0 fully saturated rings. The van der Waals surface area contributed by atoms with Crippen LogP contribution in [0, 0.1) is 0 Å². The molecule has 0 aromatic carbocycles. The van der Waals surface area contributed by atoms with E-state index in [-0.39, 0.29) is 19.3 Å². The van der Waals surface area contributed by atoms with Crippen LogP contribution in [0.4, 0.5) is 0 Å². The summed E-state index contributed by atoms with van der Waals surface area (Å²) in [4.78, 5) is 71.2. The predicted octanol–water partition coefficient (Wildman–Crippen LogP) is -2.55. The molecule has 0 bridgehead atoms. The summed E-state index contributed by atoms with van der Waals surface area (Å²) in [5.41, 5.74) is 16.5. The summed E-state index contributed by atoms with van der Waals surface area (Å²) < 4.78 is 0. The molecule has 0 rings (SSSR count). The van der Waals surface area contributed by atoms with Crippen molar-refractivity contribution >= 4 is 35.6 Å². The first kappa shape index (κ1) is 32.7. The molecule has 4 atom stereocenters. The SMILES string of the molecule is NCCCCC(NC(=O)C(N)CC(=O)O)C(=O)NC(CCCCN)C(=O)NC(CCC(=O)O)C(=O)O. The number of hydrogen-bond acceptors (Lipinski definition) is 9. The Morgan fingerprint density at radius 3 is 1.44 bits per heavy atom. The number of carboxylic acid groups (broad SMARTS) is 3. The van der Waals surface area contributed by atoms with Gasteiger partial charge in [-0.3, -0.25) is 24.0 Å². The van der Waals surface area contributed by atoms with Gasteiger partial charge in [-0.1, -0.05) is 0 Å². The van der Waals surface area contributed by atoms with Gasteiger partial charge in [0.1, 0.15) is 18.1 Å². The molecule has 206 valence electrons. The summed E-state index contributed by atoms with van der Waals surface area (Å²) >= 11 is 0. The highest BCUT2D eigenvalue weighted by atomic mass is 16.4. The van der Waals surface area contributed by atoms with E-state index in [1.807, 2.05) is 0 Å². The van der Waals surface area contributed by atoms with Crippen LogP contribution in [0.1, 0.15) is 57.8 Å². The molecule has 0 aliphatic rings. The maximum atomic E-state index is 13.0. The molecule has 12 N–H and O–H groups in total. The van der Waals surface area contributed by atoms with Crippen molar-refractivity contribution in [3.05, 3.63) is 0 Å². The van der Waals surface area contributed by atoms with Crippen LogP contribution in [-0.4, -0.2) is 88.2 Å². The first-order chi connectivity index (χ1) is 16.9. The zero-order valence-electron chi connectivity index (χ0n) is 20.1. The summed E-state index contributed by atoms with van der Waals surface area (Å²) in [5, 5.41) is 34.1. The van der Waals surface area contributed by atoms with Crippen LogP contribution >= 0.6 is 0 Å². The summed E-state index contributed by atoms with van der Waals surface area (Å²) in [6, 6.07) is -5.24. The second-order valence-electron chi connectivity index (χ2n) is 8.23. The second kappa shape index (κ2) is 18.0. The molecule has 0 aromatic rings. The van der Waals surface area contributed by atoms with Gasteiger partial charge in [0, 0.05) is 6.42 Å². The van der Waals surface area contributed by atoms with Crippen molar-refractivity contribution in [3.63, 3.8) is 0 Å². The van der Waals surface area contributed by atoms with Crippen molar-refractivity contribution in [2.24, 2.45) is 17.2 Å². The van der Waals surface area contributed by atoms with E-state index in [0.717, 1.165) is 0 Å². The molecule has 0 aliphatic heterocycles. The summed E-state index contributed by atoms with van der Waals surface area (Å²) in [5.74, 6) is -6.43. The minimum absolute atomic E-state index is 0.0992. The van der Waals surface area contributed by atoms with E-state index in [1.165, 1.54) is 0 Å². The number of aliphatic carboxylic acids is 3. The van der Waals surface area contributed by atoms with Crippen molar-refractivity contribution < 1.29 is 44.1 Å². The van der Waals surface area contributed by atoms with Crippen molar-refractivity contribution in [3.8, 4) is 0 Å². The molecule has 0 radical (unpaired) electrons. The van der Waals surface area contributed by atoms with E-state index in [2.05, 4.69) is 16.0 Å². The summed E-state index contributed by atoms with van der Waals surface area (Å²) in [7, 11) is 0. The van der Waals surface area contributed by atoms with E-state index in [0.29, 0.717) is 38.8 Å². The van der Waals surface area contributed by atoms with Gasteiger partial charge in [-0.15, -0.1) is 0 Å². The topological polar surface area (TPSA) is 277 Å². The highest BCUT2D eigenvalue weighted by molar-refractivity contribution is 5.94. The number of amides is 3. The van der Waals surface area contributed by atoms with Crippen LogP contribution in [0.15, 0.2) is 0 Å². The number of nitrogens with two attached hydrogens (primary N) is 3. The van der Waals surface area contributed by atoms with Crippen LogP contribution in [0.3, 0.4) is 0 Å². The van der Waals surface area contributed by atoms with Crippen LogP contribution < -0.4 is 33.2 Å². The molecular weight excluding hydrogens is 480 g/mol. The third-order valence-corrected chi connectivity index (χ3v) is 5.15. The molecular formula is C21H38N6O9. The number of nitrogens with one attached hydrogen (secondary N) is 3. The monoisotopic (exact) mass is 518 g/mol. The lowest BCUT2D eigenvalue weighted by Crippen LogP contribution is -2.57. The molecule has 0 spiro atoms.